The minimum absolute atomic E-state index is 0.208. The maximum atomic E-state index is 13.2. The third-order valence-corrected chi connectivity index (χ3v) is 4.58. The molecule has 0 saturated carbocycles. The standard InChI is InChI=1S/C20H19Cl2FN6O2/c21-8-10-28(11-9-22)17-6-4-14(5-7-17)13-24-29-20(31)18(26-27-29)19(30)25-16-3-1-2-15(23)12-16/h1-7,12-13,27H,8-11H2,(H,25,30). The molecule has 0 spiro atoms. The summed E-state index contributed by atoms with van der Waals surface area (Å²) in [5.74, 6) is -0.319. The number of aromatic amines is 1. The minimum Gasteiger partial charge on any atom is -0.369 e. The first-order chi connectivity index (χ1) is 15.0. The molecule has 2 aromatic carbocycles. The van der Waals surface area contributed by atoms with E-state index in [9.17, 15) is 14.0 Å². The predicted octanol–water partition coefficient (Wildman–Crippen LogP) is 3.13. The zero-order chi connectivity index (χ0) is 22.2. The molecule has 31 heavy (non-hydrogen) atoms. The summed E-state index contributed by atoms with van der Waals surface area (Å²) in [6.07, 6.45) is 1.45. The number of rotatable bonds is 9. The molecule has 8 nitrogen and oxygen atoms in total. The van der Waals surface area contributed by atoms with E-state index in [2.05, 4.69) is 25.6 Å². The second-order valence-corrected chi connectivity index (χ2v) is 7.10. The summed E-state index contributed by atoms with van der Waals surface area (Å²) in [6, 6.07) is 12.8. The molecule has 1 heterocycles. The monoisotopic (exact) mass is 464 g/mol. The van der Waals surface area contributed by atoms with Crippen molar-refractivity contribution in [2.45, 2.75) is 0 Å². The van der Waals surface area contributed by atoms with Crippen molar-refractivity contribution in [3.8, 4) is 0 Å². The molecular weight excluding hydrogens is 446 g/mol. The Morgan fingerprint density at radius 1 is 1.19 bits per heavy atom. The second kappa shape index (κ2) is 10.7. The number of anilines is 2. The molecule has 0 aliphatic rings. The lowest BCUT2D eigenvalue weighted by molar-refractivity contribution is 0.102. The van der Waals surface area contributed by atoms with Crippen LogP contribution in [0.1, 0.15) is 16.1 Å². The van der Waals surface area contributed by atoms with E-state index >= 15 is 0 Å². The number of amides is 1. The molecule has 0 unspecified atom stereocenters. The summed E-state index contributed by atoms with van der Waals surface area (Å²) in [5, 5.41) is 12.5. The van der Waals surface area contributed by atoms with E-state index in [-0.39, 0.29) is 5.69 Å². The van der Waals surface area contributed by atoms with Crippen LogP contribution in [0.3, 0.4) is 0 Å². The van der Waals surface area contributed by atoms with Gasteiger partial charge in [-0.05, 0) is 35.9 Å². The fourth-order valence-corrected chi connectivity index (χ4v) is 3.15. The van der Waals surface area contributed by atoms with Crippen molar-refractivity contribution < 1.29 is 9.18 Å². The van der Waals surface area contributed by atoms with Crippen LogP contribution in [0.15, 0.2) is 58.4 Å². The normalized spacial score (nSPS) is 11.1. The van der Waals surface area contributed by atoms with Crippen molar-refractivity contribution in [1.29, 1.82) is 0 Å². The highest BCUT2D eigenvalue weighted by molar-refractivity contribution is 6.18. The number of alkyl halides is 2. The first-order valence-corrected chi connectivity index (χ1v) is 10.3. The number of benzene rings is 2. The number of nitrogens with one attached hydrogen (secondary N) is 2. The summed E-state index contributed by atoms with van der Waals surface area (Å²) in [4.78, 5) is 27.5. The Bertz CT molecular complexity index is 1110. The van der Waals surface area contributed by atoms with Gasteiger partial charge in [0.25, 0.3) is 5.91 Å². The van der Waals surface area contributed by atoms with Gasteiger partial charge >= 0.3 is 5.56 Å². The maximum Gasteiger partial charge on any atom is 0.320 e. The first-order valence-electron chi connectivity index (χ1n) is 9.27. The van der Waals surface area contributed by atoms with Gasteiger partial charge in [0, 0.05) is 36.2 Å². The van der Waals surface area contributed by atoms with Crippen molar-refractivity contribution in [3.05, 3.63) is 76.0 Å². The highest BCUT2D eigenvalue weighted by Gasteiger charge is 2.17. The molecule has 3 rings (SSSR count). The van der Waals surface area contributed by atoms with Crippen LogP contribution in [-0.4, -0.2) is 52.1 Å². The third kappa shape index (κ3) is 5.93. The van der Waals surface area contributed by atoms with Crippen LogP contribution in [0, 0.1) is 5.82 Å². The summed E-state index contributed by atoms with van der Waals surface area (Å²) in [5.41, 5.74) is 0.771. The topological polar surface area (TPSA) is 95.4 Å². The second-order valence-electron chi connectivity index (χ2n) is 6.34. The zero-order valence-electron chi connectivity index (χ0n) is 16.3. The Labute approximate surface area is 187 Å². The molecule has 0 saturated heterocycles. The molecule has 0 aliphatic heterocycles. The summed E-state index contributed by atoms with van der Waals surface area (Å²) < 4.78 is 13.2. The summed E-state index contributed by atoms with van der Waals surface area (Å²) >= 11 is 11.7. The SMILES string of the molecule is O=C(Nc1cccc(F)c1)c1n[nH]n(N=Cc2ccc(N(CCCl)CCCl)cc2)c1=O. The molecule has 0 atom stereocenters. The van der Waals surface area contributed by atoms with Crippen molar-refractivity contribution in [2.75, 3.05) is 35.1 Å². The van der Waals surface area contributed by atoms with Crippen molar-refractivity contribution >= 4 is 46.7 Å². The van der Waals surface area contributed by atoms with Gasteiger partial charge in [-0.2, -0.15) is 10.3 Å². The number of halogens is 3. The average Bonchev–Trinajstić information content (AvgIpc) is 3.13. The molecule has 11 heteroatoms. The van der Waals surface area contributed by atoms with Gasteiger partial charge in [0.1, 0.15) is 5.82 Å². The molecule has 162 valence electrons. The molecule has 0 fully saturated rings. The van der Waals surface area contributed by atoms with E-state index < -0.39 is 23.0 Å². The number of hydrogen-bond donors (Lipinski definition) is 2. The smallest absolute Gasteiger partial charge is 0.320 e. The zero-order valence-corrected chi connectivity index (χ0v) is 17.8. The number of carbonyl (C=O) groups is 1. The van der Waals surface area contributed by atoms with Crippen LogP contribution in [0.4, 0.5) is 15.8 Å². The first kappa shape index (κ1) is 22.5. The largest absolute Gasteiger partial charge is 0.369 e. The molecular formula is C20H19Cl2FN6O2. The van der Waals surface area contributed by atoms with E-state index in [0.29, 0.717) is 24.8 Å². The Balaban J connectivity index is 1.70. The number of carbonyl (C=O) groups excluding carboxylic acids is 1. The number of nitrogens with zero attached hydrogens (tertiary/aromatic N) is 4. The van der Waals surface area contributed by atoms with Crippen molar-refractivity contribution in [3.63, 3.8) is 0 Å². The molecule has 1 aromatic heterocycles. The fourth-order valence-electron chi connectivity index (χ4n) is 2.74. The summed E-state index contributed by atoms with van der Waals surface area (Å²) in [6.45, 7) is 1.34. The highest BCUT2D eigenvalue weighted by Crippen LogP contribution is 2.15. The van der Waals surface area contributed by atoms with E-state index in [4.69, 9.17) is 23.2 Å². The van der Waals surface area contributed by atoms with Gasteiger partial charge < -0.3 is 10.2 Å². The van der Waals surface area contributed by atoms with Crippen molar-refractivity contribution in [1.82, 2.24) is 15.1 Å². The quantitative estimate of drug-likeness (QED) is 0.375. The fraction of sp³-hybridized carbons (Fsp3) is 0.200. The number of H-pyrrole nitrogens is 1. The minimum atomic E-state index is -0.774. The molecule has 1 amide bonds. The van der Waals surface area contributed by atoms with E-state index in [1.807, 2.05) is 24.3 Å². The Hall–Kier alpha value is -3.17. The van der Waals surface area contributed by atoms with Crippen molar-refractivity contribution in [2.24, 2.45) is 5.10 Å². The van der Waals surface area contributed by atoms with Gasteiger partial charge in [0.05, 0.1) is 6.21 Å². The Morgan fingerprint density at radius 3 is 2.55 bits per heavy atom. The molecule has 0 aliphatic carbocycles. The van der Waals surface area contributed by atoms with Gasteiger partial charge in [-0.15, -0.1) is 33.1 Å². The summed E-state index contributed by atoms with van der Waals surface area (Å²) in [7, 11) is 0. The van der Waals surface area contributed by atoms with Crippen LogP contribution in [0.25, 0.3) is 0 Å². The Kier molecular flexibility index (Phi) is 7.80. The van der Waals surface area contributed by atoms with E-state index in [0.717, 1.165) is 22.1 Å². The third-order valence-electron chi connectivity index (χ3n) is 4.24. The van der Waals surface area contributed by atoms with Crippen LogP contribution in [0.2, 0.25) is 0 Å². The molecule has 0 radical (unpaired) electrons. The Morgan fingerprint density at radius 2 is 1.90 bits per heavy atom. The number of aromatic nitrogens is 3. The maximum absolute atomic E-state index is 13.2. The molecule has 2 N–H and O–H groups in total. The van der Waals surface area contributed by atoms with Gasteiger partial charge in [0.15, 0.2) is 0 Å². The lowest BCUT2D eigenvalue weighted by Crippen LogP contribution is -2.27. The van der Waals surface area contributed by atoms with Gasteiger partial charge in [-0.1, -0.05) is 18.2 Å². The highest BCUT2D eigenvalue weighted by atomic mass is 35.5. The molecule has 0 bridgehead atoms. The van der Waals surface area contributed by atoms with E-state index in [1.165, 1.54) is 24.4 Å². The molecule has 3 aromatic rings. The number of hydrogen-bond acceptors (Lipinski definition) is 5. The van der Waals surface area contributed by atoms with Crippen LogP contribution in [-0.2, 0) is 0 Å². The van der Waals surface area contributed by atoms with Crippen LogP contribution in [0.5, 0.6) is 0 Å². The predicted molar refractivity (Wildman–Crippen MR) is 120 cm³/mol. The van der Waals surface area contributed by atoms with Crippen LogP contribution >= 0.6 is 23.2 Å². The lowest BCUT2D eigenvalue weighted by Gasteiger charge is -2.22. The van der Waals surface area contributed by atoms with Gasteiger partial charge in [-0.3, -0.25) is 9.59 Å². The van der Waals surface area contributed by atoms with E-state index in [1.54, 1.807) is 0 Å². The average molecular weight is 465 g/mol. The van der Waals surface area contributed by atoms with Crippen LogP contribution < -0.4 is 15.8 Å². The van der Waals surface area contributed by atoms with Gasteiger partial charge in [0.2, 0.25) is 5.69 Å². The van der Waals surface area contributed by atoms with Gasteiger partial charge in [-0.25, -0.2) is 4.39 Å². The lowest BCUT2D eigenvalue weighted by atomic mass is 10.2.